The van der Waals surface area contributed by atoms with E-state index in [0.717, 1.165) is 17.1 Å². The van der Waals surface area contributed by atoms with Crippen LogP contribution < -0.4 is 18.9 Å². The molecule has 1 atom stereocenters. The van der Waals surface area contributed by atoms with Crippen molar-refractivity contribution >= 4 is 17.1 Å². The maximum absolute atomic E-state index is 12.7. The molecule has 1 saturated heterocycles. The number of rotatable bonds is 9. The zero-order chi connectivity index (χ0) is 31.4. The van der Waals surface area contributed by atoms with Gasteiger partial charge in [0.25, 0.3) is 0 Å². The molecule has 45 heavy (non-hydrogen) atoms. The monoisotopic (exact) mass is 608 g/mol. The summed E-state index contributed by atoms with van der Waals surface area (Å²) < 4.78 is 31.5. The zero-order valence-electron chi connectivity index (χ0n) is 25.8. The van der Waals surface area contributed by atoms with Crippen LogP contribution in [0, 0.1) is 0 Å². The molecule has 0 spiro atoms. The van der Waals surface area contributed by atoms with Gasteiger partial charge in [-0.3, -0.25) is 0 Å². The Morgan fingerprint density at radius 3 is 2.22 bits per heavy atom. The quantitative estimate of drug-likeness (QED) is 0.170. The first kappa shape index (κ1) is 29.8. The zero-order valence-corrected chi connectivity index (χ0v) is 25.8. The minimum atomic E-state index is -0.573. The highest BCUT2D eigenvalue weighted by molar-refractivity contribution is 5.88. The van der Waals surface area contributed by atoms with E-state index < -0.39 is 5.60 Å². The normalized spacial score (nSPS) is 14.8. The number of carbonyl (C=O) groups excluding carboxylic acids is 1. The molecule has 0 saturated carbocycles. The van der Waals surface area contributed by atoms with Crippen molar-refractivity contribution in [3.8, 4) is 34.6 Å². The number of para-hydroxylation sites is 1. The van der Waals surface area contributed by atoms with E-state index in [4.69, 9.17) is 28.8 Å². The van der Waals surface area contributed by atoms with Crippen molar-refractivity contribution in [2.75, 3.05) is 20.2 Å². The second kappa shape index (κ2) is 12.8. The third-order valence-electron chi connectivity index (χ3n) is 7.16. The molecule has 5 aromatic rings. The first-order valence-electron chi connectivity index (χ1n) is 14.9. The van der Waals surface area contributed by atoms with Gasteiger partial charge in [0.15, 0.2) is 5.65 Å². The predicted octanol–water partition coefficient (Wildman–Crippen LogP) is 7.46. The molecular weight excluding hydrogens is 572 g/mol. The summed E-state index contributed by atoms with van der Waals surface area (Å²) in [6.45, 7) is 6.95. The van der Waals surface area contributed by atoms with Crippen LogP contribution >= 0.6 is 0 Å². The van der Waals surface area contributed by atoms with E-state index in [-0.39, 0.29) is 12.2 Å². The van der Waals surface area contributed by atoms with Gasteiger partial charge in [-0.15, -0.1) is 5.10 Å². The third-order valence-corrected chi connectivity index (χ3v) is 7.16. The Kier molecular flexibility index (Phi) is 8.46. The number of methoxy groups -OCH3 is 1. The molecule has 0 N–H and O–H groups in total. The van der Waals surface area contributed by atoms with E-state index in [1.807, 2.05) is 99.6 Å². The Hall–Kier alpha value is -5.25. The molecule has 10 heteroatoms. The molecule has 2 aromatic heterocycles. The van der Waals surface area contributed by atoms with Crippen molar-refractivity contribution in [1.29, 1.82) is 0 Å². The second-order valence-corrected chi connectivity index (χ2v) is 11.8. The van der Waals surface area contributed by atoms with Gasteiger partial charge < -0.3 is 28.6 Å². The van der Waals surface area contributed by atoms with Crippen molar-refractivity contribution in [2.24, 2.45) is 0 Å². The highest BCUT2D eigenvalue weighted by atomic mass is 16.6. The van der Waals surface area contributed by atoms with E-state index >= 15 is 0 Å². The summed E-state index contributed by atoms with van der Waals surface area (Å²) in [4.78, 5) is 19.0. The maximum atomic E-state index is 12.7. The van der Waals surface area contributed by atoms with E-state index in [9.17, 15) is 4.79 Å². The molecule has 1 unspecified atom stereocenters. The number of amides is 1. The minimum absolute atomic E-state index is 0.271. The second-order valence-electron chi connectivity index (χ2n) is 11.8. The molecular formula is C35H36N4O6. The lowest BCUT2D eigenvalue weighted by molar-refractivity contribution is 0.0275. The third kappa shape index (κ3) is 7.29. The molecule has 0 aliphatic carbocycles. The van der Waals surface area contributed by atoms with Gasteiger partial charge in [-0.1, -0.05) is 30.3 Å². The minimum Gasteiger partial charge on any atom is -0.497 e. The number of hydrogen-bond donors (Lipinski definition) is 0. The average molecular weight is 609 g/mol. The Balaban J connectivity index is 1.27. The smallest absolute Gasteiger partial charge is 0.410 e. The van der Waals surface area contributed by atoms with Crippen LogP contribution in [0.3, 0.4) is 0 Å². The number of fused-ring (bicyclic) bond motifs is 1. The van der Waals surface area contributed by atoms with Gasteiger partial charge in [0, 0.05) is 25.2 Å². The molecule has 1 fully saturated rings. The van der Waals surface area contributed by atoms with Gasteiger partial charge in [-0.2, -0.15) is 0 Å². The van der Waals surface area contributed by atoms with Crippen LogP contribution in [0.5, 0.6) is 34.6 Å². The summed E-state index contributed by atoms with van der Waals surface area (Å²) >= 11 is 0. The van der Waals surface area contributed by atoms with Gasteiger partial charge >= 0.3 is 6.09 Å². The van der Waals surface area contributed by atoms with Crippen LogP contribution in [0.1, 0.15) is 32.8 Å². The number of likely N-dealkylation sites (tertiary alicyclic amines) is 1. The summed E-state index contributed by atoms with van der Waals surface area (Å²) in [7, 11) is 1.64. The highest BCUT2D eigenvalue weighted by Gasteiger charge is 2.32. The molecule has 3 heterocycles. The molecule has 232 valence electrons. The Morgan fingerprint density at radius 1 is 0.867 bits per heavy atom. The number of ether oxygens (including phenoxy) is 5. The number of benzene rings is 3. The standard InChI is InChI=1S/C35H36N4O6/c1-35(2,3)45-34(40)38-21-19-29(23-38)44-33-31-30(43-28-16-14-27(15-17-28)42-26-8-6-5-7-9-26)18-20-36-32(31)39(37-33)22-24-10-12-25(41-4)13-11-24/h5-18,20,29H,19,21-23H2,1-4H3. The van der Waals surface area contributed by atoms with Crippen LogP contribution in [0.15, 0.2) is 91.1 Å². The van der Waals surface area contributed by atoms with Gasteiger partial charge in [-0.05, 0) is 74.9 Å². The summed E-state index contributed by atoms with van der Waals surface area (Å²) in [5, 5.41) is 5.49. The molecule has 1 aliphatic rings. The summed E-state index contributed by atoms with van der Waals surface area (Å²) in [5.74, 6) is 3.79. The fraction of sp³-hybridized carbons (Fsp3) is 0.286. The highest BCUT2D eigenvalue weighted by Crippen LogP contribution is 2.37. The first-order valence-corrected chi connectivity index (χ1v) is 14.9. The van der Waals surface area contributed by atoms with Crippen LogP contribution in [-0.4, -0.2) is 57.7 Å². The lowest BCUT2D eigenvalue weighted by Gasteiger charge is -2.24. The van der Waals surface area contributed by atoms with Crippen molar-refractivity contribution in [3.05, 3.63) is 96.7 Å². The van der Waals surface area contributed by atoms with Crippen molar-refractivity contribution < 1.29 is 28.5 Å². The largest absolute Gasteiger partial charge is 0.497 e. The number of nitrogens with zero attached hydrogens (tertiary/aromatic N) is 4. The fourth-order valence-electron chi connectivity index (χ4n) is 5.02. The van der Waals surface area contributed by atoms with Gasteiger partial charge in [0.2, 0.25) is 5.88 Å². The number of hydrogen-bond acceptors (Lipinski definition) is 8. The molecule has 1 aliphatic heterocycles. The fourth-order valence-corrected chi connectivity index (χ4v) is 5.02. The molecule has 6 rings (SSSR count). The van der Waals surface area contributed by atoms with Crippen LogP contribution in [0.25, 0.3) is 11.0 Å². The molecule has 10 nitrogen and oxygen atoms in total. The molecule has 0 bridgehead atoms. The van der Waals surface area contributed by atoms with Crippen LogP contribution in [0.2, 0.25) is 0 Å². The summed E-state index contributed by atoms with van der Waals surface area (Å²) in [6.07, 6.45) is 1.72. The summed E-state index contributed by atoms with van der Waals surface area (Å²) in [6, 6.07) is 26.6. The van der Waals surface area contributed by atoms with E-state index in [2.05, 4.69) is 4.98 Å². The number of carbonyl (C=O) groups is 1. The maximum Gasteiger partial charge on any atom is 0.410 e. The molecule has 3 aromatic carbocycles. The Morgan fingerprint density at radius 2 is 1.53 bits per heavy atom. The first-order chi connectivity index (χ1) is 21.7. The molecule has 1 amide bonds. The lowest BCUT2D eigenvalue weighted by Crippen LogP contribution is -2.36. The van der Waals surface area contributed by atoms with E-state index in [1.54, 1.807) is 29.0 Å². The summed E-state index contributed by atoms with van der Waals surface area (Å²) in [5.41, 5.74) is 1.06. The van der Waals surface area contributed by atoms with Crippen molar-refractivity contribution in [2.45, 2.75) is 45.4 Å². The Bertz CT molecular complexity index is 1750. The van der Waals surface area contributed by atoms with Gasteiger partial charge in [0.1, 0.15) is 45.8 Å². The topological polar surface area (TPSA) is 97.2 Å². The number of aromatic nitrogens is 3. The van der Waals surface area contributed by atoms with Crippen molar-refractivity contribution in [1.82, 2.24) is 19.7 Å². The van der Waals surface area contributed by atoms with E-state index in [1.165, 1.54) is 0 Å². The Labute approximate surface area is 262 Å². The van der Waals surface area contributed by atoms with Gasteiger partial charge in [-0.25, -0.2) is 14.5 Å². The molecule has 0 radical (unpaired) electrons. The number of pyridine rings is 1. The average Bonchev–Trinajstić information content (AvgIpc) is 3.64. The van der Waals surface area contributed by atoms with Gasteiger partial charge in [0.05, 0.1) is 20.2 Å². The van der Waals surface area contributed by atoms with Crippen LogP contribution in [-0.2, 0) is 11.3 Å². The predicted molar refractivity (Wildman–Crippen MR) is 169 cm³/mol. The lowest BCUT2D eigenvalue weighted by atomic mass is 10.2. The van der Waals surface area contributed by atoms with Crippen LogP contribution in [0.4, 0.5) is 4.79 Å². The SMILES string of the molecule is COc1ccc(Cn2nc(OC3CCN(C(=O)OC(C)(C)C)C3)c3c(Oc4ccc(Oc5ccccc5)cc4)ccnc32)cc1. The van der Waals surface area contributed by atoms with E-state index in [0.29, 0.717) is 60.2 Å². The van der Waals surface area contributed by atoms with Crippen molar-refractivity contribution in [3.63, 3.8) is 0 Å².